The topological polar surface area (TPSA) is 22.1 Å². The van der Waals surface area contributed by atoms with Crippen LogP contribution in [0, 0.1) is 12.8 Å². The number of fused-ring (bicyclic) bond motifs is 1. The van der Waals surface area contributed by atoms with Gasteiger partial charge in [-0.25, -0.2) is 4.39 Å². The first-order valence-electron chi connectivity index (χ1n) is 6.26. The van der Waals surface area contributed by atoms with E-state index in [1.165, 1.54) is 0 Å². The van der Waals surface area contributed by atoms with Crippen molar-refractivity contribution in [1.82, 2.24) is 4.98 Å². The van der Waals surface area contributed by atoms with Crippen LogP contribution in [0.3, 0.4) is 0 Å². The van der Waals surface area contributed by atoms with Crippen molar-refractivity contribution in [2.24, 2.45) is 5.92 Å². The first-order valence-corrected chi connectivity index (χ1v) is 6.26. The normalized spacial score (nSPS) is 27.5. The van der Waals surface area contributed by atoms with Crippen molar-refractivity contribution >= 4 is 0 Å². The Balaban J connectivity index is 2.63. The zero-order valence-electron chi connectivity index (χ0n) is 11.0. The van der Waals surface area contributed by atoms with Gasteiger partial charge in [0.25, 0.3) is 0 Å². The fourth-order valence-corrected chi connectivity index (χ4v) is 2.94. The van der Waals surface area contributed by atoms with E-state index in [1.807, 2.05) is 6.07 Å². The third-order valence-electron chi connectivity index (χ3n) is 3.87. The van der Waals surface area contributed by atoms with Crippen molar-refractivity contribution < 1.29 is 9.13 Å². The molecule has 1 aliphatic heterocycles. The Labute approximate surface area is 102 Å². The Morgan fingerprint density at radius 3 is 2.76 bits per heavy atom. The number of halogens is 1. The Morgan fingerprint density at radius 1 is 1.53 bits per heavy atom. The number of hydrogen-bond donors (Lipinski definition) is 0. The largest absolute Gasteiger partial charge is 0.358 e. The predicted octanol–water partition coefficient (Wildman–Crippen LogP) is 3.69. The fraction of sp³-hybridized carbons (Fsp3) is 0.643. The lowest BCUT2D eigenvalue weighted by atomic mass is 9.80. The van der Waals surface area contributed by atoms with Gasteiger partial charge in [0.2, 0.25) is 0 Å². The van der Waals surface area contributed by atoms with Crippen molar-refractivity contribution in [3.8, 4) is 0 Å². The van der Waals surface area contributed by atoms with Crippen LogP contribution in [0.15, 0.2) is 12.3 Å². The van der Waals surface area contributed by atoms with Crippen LogP contribution in [-0.2, 0) is 10.3 Å². The van der Waals surface area contributed by atoms with Crippen LogP contribution in [0.25, 0.3) is 0 Å². The van der Waals surface area contributed by atoms with Crippen LogP contribution in [0.2, 0.25) is 0 Å². The molecule has 1 aromatic rings. The first kappa shape index (κ1) is 12.5. The maximum Gasteiger partial charge on any atom is 0.129 e. The average Bonchev–Trinajstić information content (AvgIpc) is 2.65. The van der Waals surface area contributed by atoms with Gasteiger partial charge in [-0.2, -0.15) is 0 Å². The van der Waals surface area contributed by atoms with Crippen LogP contribution < -0.4 is 0 Å². The molecular weight excluding hydrogens is 217 g/mol. The molecule has 0 radical (unpaired) electrons. The van der Waals surface area contributed by atoms with Crippen molar-refractivity contribution in [2.45, 2.75) is 45.8 Å². The Morgan fingerprint density at radius 2 is 2.24 bits per heavy atom. The van der Waals surface area contributed by atoms with Gasteiger partial charge in [0.15, 0.2) is 0 Å². The number of aromatic nitrogens is 1. The van der Waals surface area contributed by atoms with Crippen molar-refractivity contribution in [3.63, 3.8) is 0 Å². The monoisotopic (exact) mass is 237 g/mol. The summed E-state index contributed by atoms with van der Waals surface area (Å²) in [5.41, 5.74) is 2.69. The van der Waals surface area contributed by atoms with Gasteiger partial charge in [-0.1, -0.05) is 20.8 Å². The highest BCUT2D eigenvalue weighted by Gasteiger charge is 2.47. The van der Waals surface area contributed by atoms with Crippen LogP contribution in [0.4, 0.5) is 4.39 Å². The molecule has 0 fully saturated rings. The van der Waals surface area contributed by atoms with Gasteiger partial charge in [0, 0.05) is 11.8 Å². The molecule has 2 heterocycles. The zero-order chi connectivity index (χ0) is 12.6. The van der Waals surface area contributed by atoms with Crippen molar-refractivity contribution in [3.05, 3.63) is 29.1 Å². The second kappa shape index (κ2) is 4.37. The molecular formula is C14H20FNO. The molecule has 2 nitrogen and oxygen atoms in total. The molecule has 0 amide bonds. The van der Waals surface area contributed by atoms with E-state index in [9.17, 15) is 4.39 Å². The SMILES string of the molecule is CCC1(C(C)C)OC(CF)c2nccc(C)c21. The molecule has 17 heavy (non-hydrogen) atoms. The van der Waals surface area contributed by atoms with Gasteiger partial charge in [0.1, 0.15) is 12.8 Å². The number of aryl methyl sites for hydroxylation is 1. The van der Waals surface area contributed by atoms with E-state index in [0.717, 1.165) is 23.2 Å². The summed E-state index contributed by atoms with van der Waals surface area (Å²) in [6, 6.07) is 1.98. The lowest BCUT2D eigenvalue weighted by molar-refractivity contribution is -0.115. The summed E-state index contributed by atoms with van der Waals surface area (Å²) in [7, 11) is 0. The van der Waals surface area contributed by atoms with Gasteiger partial charge < -0.3 is 4.74 Å². The smallest absolute Gasteiger partial charge is 0.129 e. The lowest BCUT2D eigenvalue weighted by Gasteiger charge is -2.34. The molecule has 2 atom stereocenters. The van der Waals surface area contributed by atoms with Crippen LogP contribution in [0.5, 0.6) is 0 Å². The van der Waals surface area contributed by atoms with E-state index >= 15 is 0 Å². The standard InChI is InChI=1S/C14H20FNO/c1-5-14(9(2)3)12-10(4)6-7-16-13(12)11(8-15)17-14/h6-7,9,11H,5,8H2,1-4H3. The molecule has 0 N–H and O–H groups in total. The Kier molecular flexibility index (Phi) is 3.21. The number of ether oxygens (including phenoxy) is 1. The van der Waals surface area contributed by atoms with E-state index < -0.39 is 12.8 Å². The van der Waals surface area contributed by atoms with E-state index in [2.05, 4.69) is 32.7 Å². The summed E-state index contributed by atoms with van der Waals surface area (Å²) in [4.78, 5) is 4.33. The Bertz CT molecular complexity index is 419. The highest BCUT2D eigenvalue weighted by atomic mass is 19.1. The minimum absolute atomic E-state index is 0.311. The van der Waals surface area contributed by atoms with Gasteiger partial charge >= 0.3 is 0 Å². The molecule has 0 bridgehead atoms. The molecule has 1 aromatic heterocycles. The number of alkyl halides is 1. The van der Waals surface area contributed by atoms with Gasteiger partial charge in [-0.05, 0) is 30.9 Å². The molecule has 2 rings (SSSR count). The lowest BCUT2D eigenvalue weighted by Crippen LogP contribution is -2.32. The molecule has 0 saturated carbocycles. The molecule has 0 aliphatic carbocycles. The van der Waals surface area contributed by atoms with Crippen molar-refractivity contribution in [2.75, 3.05) is 6.67 Å². The highest BCUT2D eigenvalue weighted by Crippen LogP contribution is 2.50. The molecule has 94 valence electrons. The van der Waals surface area contributed by atoms with Crippen molar-refractivity contribution in [1.29, 1.82) is 0 Å². The minimum Gasteiger partial charge on any atom is -0.358 e. The zero-order valence-corrected chi connectivity index (χ0v) is 11.0. The van der Waals surface area contributed by atoms with Crippen LogP contribution in [0.1, 0.15) is 50.1 Å². The molecule has 3 heteroatoms. The first-order chi connectivity index (χ1) is 8.06. The molecule has 0 saturated heterocycles. The third-order valence-corrected chi connectivity index (χ3v) is 3.87. The Hall–Kier alpha value is -0.960. The van der Waals surface area contributed by atoms with E-state index in [1.54, 1.807) is 6.20 Å². The molecule has 0 spiro atoms. The summed E-state index contributed by atoms with van der Waals surface area (Å²) in [5, 5.41) is 0. The summed E-state index contributed by atoms with van der Waals surface area (Å²) >= 11 is 0. The number of rotatable bonds is 3. The van der Waals surface area contributed by atoms with E-state index in [-0.39, 0.29) is 5.60 Å². The molecule has 1 aliphatic rings. The second-order valence-electron chi connectivity index (χ2n) is 5.05. The molecule has 2 unspecified atom stereocenters. The minimum atomic E-state index is -0.502. The maximum absolute atomic E-state index is 13.1. The predicted molar refractivity (Wildman–Crippen MR) is 65.6 cm³/mol. The summed E-state index contributed by atoms with van der Waals surface area (Å²) in [6.07, 6.45) is 2.10. The van der Waals surface area contributed by atoms with Gasteiger partial charge in [-0.15, -0.1) is 0 Å². The van der Waals surface area contributed by atoms with E-state index in [0.29, 0.717) is 5.92 Å². The van der Waals surface area contributed by atoms with Crippen LogP contribution >= 0.6 is 0 Å². The van der Waals surface area contributed by atoms with Gasteiger partial charge in [0.05, 0.1) is 11.3 Å². The molecule has 0 aromatic carbocycles. The fourth-order valence-electron chi connectivity index (χ4n) is 2.94. The summed E-state index contributed by atoms with van der Waals surface area (Å²) in [5.74, 6) is 0.311. The third kappa shape index (κ3) is 1.68. The van der Waals surface area contributed by atoms with Crippen LogP contribution in [-0.4, -0.2) is 11.7 Å². The highest BCUT2D eigenvalue weighted by molar-refractivity contribution is 5.40. The number of pyridine rings is 1. The quantitative estimate of drug-likeness (QED) is 0.799. The number of nitrogens with zero attached hydrogens (tertiary/aromatic N) is 1. The maximum atomic E-state index is 13.1. The summed E-state index contributed by atoms with van der Waals surface area (Å²) in [6.45, 7) is 7.90. The van der Waals surface area contributed by atoms with Gasteiger partial charge in [-0.3, -0.25) is 4.98 Å². The number of hydrogen-bond acceptors (Lipinski definition) is 2. The average molecular weight is 237 g/mol. The van der Waals surface area contributed by atoms with E-state index in [4.69, 9.17) is 4.74 Å². The summed E-state index contributed by atoms with van der Waals surface area (Å²) < 4.78 is 19.1. The second-order valence-corrected chi connectivity index (χ2v) is 5.05.